The van der Waals surface area contributed by atoms with E-state index in [1.165, 1.54) is 21.3 Å². The number of halogens is 3. The van der Waals surface area contributed by atoms with E-state index in [1.54, 1.807) is 19.2 Å². The van der Waals surface area contributed by atoms with E-state index in [2.05, 4.69) is 21.0 Å². The minimum atomic E-state index is -0.702. The molecule has 0 aliphatic rings. The second-order valence-corrected chi connectivity index (χ2v) is 5.52. The molecule has 0 N–H and O–H groups in total. The molecular formula is C14H10BrF2N3O. The fourth-order valence-electron chi connectivity index (χ4n) is 2.16. The van der Waals surface area contributed by atoms with Crippen molar-refractivity contribution in [3.05, 3.63) is 68.3 Å². The molecule has 1 aromatic carbocycles. The molecule has 0 aliphatic carbocycles. The Morgan fingerprint density at radius 3 is 2.81 bits per heavy atom. The number of hydrogen-bond donors (Lipinski definition) is 0. The van der Waals surface area contributed by atoms with E-state index < -0.39 is 11.6 Å². The summed E-state index contributed by atoms with van der Waals surface area (Å²) < 4.78 is 30.6. The topological polar surface area (TPSA) is 39.3 Å². The molecule has 0 fully saturated rings. The van der Waals surface area contributed by atoms with Crippen LogP contribution in [0.5, 0.6) is 0 Å². The van der Waals surface area contributed by atoms with Crippen LogP contribution >= 0.6 is 15.9 Å². The van der Waals surface area contributed by atoms with Crippen LogP contribution < -0.4 is 5.56 Å². The molecule has 0 saturated heterocycles. The third kappa shape index (κ3) is 2.37. The molecule has 0 amide bonds. The Labute approximate surface area is 126 Å². The first-order valence-corrected chi connectivity index (χ1v) is 6.94. The van der Waals surface area contributed by atoms with Crippen LogP contribution in [0, 0.1) is 18.6 Å². The second kappa shape index (κ2) is 5.07. The van der Waals surface area contributed by atoms with Gasteiger partial charge < -0.3 is 4.57 Å². The highest BCUT2D eigenvalue weighted by molar-refractivity contribution is 9.10. The maximum absolute atomic E-state index is 14.0. The maximum atomic E-state index is 14.0. The number of aryl methyl sites for hydroxylation is 1. The van der Waals surface area contributed by atoms with Gasteiger partial charge in [-0.05, 0) is 41.1 Å². The summed E-state index contributed by atoms with van der Waals surface area (Å²) in [6, 6.07) is 4.09. The van der Waals surface area contributed by atoms with Gasteiger partial charge in [-0.25, -0.2) is 13.3 Å². The van der Waals surface area contributed by atoms with E-state index in [-0.39, 0.29) is 22.1 Å². The fourth-order valence-corrected chi connectivity index (χ4v) is 2.53. The number of rotatable bonds is 2. The maximum Gasteiger partial charge on any atom is 0.276 e. The molecular weight excluding hydrogens is 344 g/mol. The smallest absolute Gasteiger partial charge is 0.276 e. The van der Waals surface area contributed by atoms with Crippen molar-refractivity contribution in [1.29, 1.82) is 0 Å². The Kier molecular flexibility index (Phi) is 3.36. The van der Waals surface area contributed by atoms with Crippen molar-refractivity contribution >= 4 is 21.4 Å². The van der Waals surface area contributed by atoms with Crippen molar-refractivity contribution < 1.29 is 8.78 Å². The fraction of sp³-hybridized carbons (Fsp3) is 0.143. The minimum Gasteiger partial charge on any atom is -0.307 e. The Hall–Kier alpha value is -2.02. The summed E-state index contributed by atoms with van der Waals surface area (Å²) in [5.41, 5.74) is 0.555. The Balaban J connectivity index is 2.13. The zero-order chi connectivity index (χ0) is 15.1. The van der Waals surface area contributed by atoms with Gasteiger partial charge in [-0.1, -0.05) is 0 Å². The highest BCUT2D eigenvalue weighted by atomic mass is 79.9. The van der Waals surface area contributed by atoms with Crippen molar-refractivity contribution in [2.24, 2.45) is 0 Å². The van der Waals surface area contributed by atoms with Crippen molar-refractivity contribution in [1.82, 2.24) is 14.2 Å². The Bertz CT molecular complexity index is 901. The lowest BCUT2D eigenvalue weighted by Gasteiger charge is -2.09. The third-order valence-corrected chi connectivity index (χ3v) is 3.81. The molecule has 0 spiro atoms. The van der Waals surface area contributed by atoms with Crippen LogP contribution in [0.2, 0.25) is 0 Å². The van der Waals surface area contributed by atoms with Gasteiger partial charge in [0.1, 0.15) is 17.2 Å². The first-order chi connectivity index (χ1) is 9.97. The number of benzene rings is 1. The highest BCUT2D eigenvalue weighted by Gasteiger charge is 2.14. The van der Waals surface area contributed by atoms with Gasteiger partial charge in [-0.15, -0.1) is 0 Å². The molecule has 2 aromatic heterocycles. The predicted octanol–water partition coefficient (Wildman–Crippen LogP) is 2.89. The molecule has 0 unspecified atom stereocenters. The zero-order valence-electron chi connectivity index (χ0n) is 11.0. The van der Waals surface area contributed by atoms with Crippen LogP contribution in [0.25, 0.3) is 5.52 Å². The van der Waals surface area contributed by atoms with Crippen LogP contribution in [-0.4, -0.2) is 14.2 Å². The van der Waals surface area contributed by atoms with Crippen molar-refractivity contribution in [2.75, 3.05) is 0 Å². The minimum absolute atomic E-state index is 0.160. The Morgan fingerprint density at radius 2 is 2.05 bits per heavy atom. The summed E-state index contributed by atoms with van der Waals surface area (Å²) in [7, 11) is 0. The molecule has 2 heterocycles. The molecule has 0 atom stereocenters. The molecule has 0 radical (unpaired) electrons. The van der Waals surface area contributed by atoms with E-state index >= 15 is 0 Å². The van der Waals surface area contributed by atoms with E-state index in [9.17, 15) is 13.6 Å². The standard InChI is InChI=1S/C14H10BrF2N3O/c1-8-6-12-14(21)19(4-5-20(12)18-8)7-9-11(16)3-2-10(15)13(9)17/h2-6H,7H2,1H3. The van der Waals surface area contributed by atoms with Crippen LogP contribution in [0.15, 0.2) is 39.9 Å². The predicted molar refractivity (Wildman–Crippen MR) is 77.3 cm³/mol. The van der Waals surface area contributed by atoms with Gasteiger partial charge in [-0.2, -0.15) is 5.10 Å². The molecule has 3 rings (SSSR count). The van der Waals surface area contributed by atoms with Crippen molar-refractivity contribution in [2.45, 2.75) is 13.5 Å². The quantitative estimate of drug-likeness (QED) is 0.664. The first kappa shape index (κ1) is 13.9. The summed E-state index contributed by atoms with van der Waals surface area (Å²) in [4.78, 5) is 12.3. The van der Waals surface area contributed by atoms with E-state index in [0.717, 1.165) is 6.07 Å². The lowest BCUT2D eigenvalue weighted by Crippen LogP contribution is -2.22. The summed E-state index contributed by atoms with van der Waals surface area (Å²) in [6.45, 7) is 1.58. The van der Waals surface area contributed by atoms with Crippen LogP contribution in [0.1, 0.15) is 11.3 Å². The van der Waals surface area contributed by atoms with Gasteiger partial charge in [0.05, 0.1) is 16.7 Å². The van der Waals surface area contributed by atoms with Gasteiger partial charge in [0, 0.05) is 18.0 Å². The Morgan fingerprint density at radius 1 is 1.29 bits per heavy atom. The normalized spacial score (nSPS) is 11.2. The largest absolute Gasteiger partial charge is 0.307 e. The van der Waals surface area contributed by atoms with E-state index in [4.69, 9.17) is 0 Å². The summed E-state index contributed by atoms with van der Waals surface area (Å²) in [5.74, 6) is -1.39. The molecule has 108 valence electrons. The van der Waals surface area contributed by atoms with E-state index in [0.29, 0.717) is 11.2 Å². The van der Waals surface area contributed by atoms with Crippen LogP contribution in [0.4, 0.5) is 8.78 Å². The van der Waals surface area contributed by atoms with Gasteiger partial charge >= 0.3 is 0 Å². The molecule has 0 saturated carbocycles. The monoisotopic (exact) mass is 353 g/mol. The zero-order valence-corrected chi connectivity index (χ0v) is 12.6. The number of fused-ring (bicyclic) bond motifs is 1. The molecule has 0 aliphatic heterocycles. The lowest BCUT2D eigenvalue weighted by atomic mass is 10.2. The molecule has 21 heavy (non-hydrogen) atoms. The average Bonchev–Trinajstić information content (AvgIpc) is 2.83. The number of hydrogen-bond acceptors (Lipinski definition) is 2. The van der Waals surface area contributed by atoms with Gasteiger partial charge in [0.2, 0.25) is 0 Å². The van der Waals surface area contributed by atoms with Crippen LogP contribution in [0.3, 0.4) is 0 Å². The highest BCUT2D eigenvalue weighted by Crippen LogP contribution is 2.22. The summed E-state index contributed by atoms with van der Waals surface area (Å²) >= 11 is 3.01. The molecule has 0 bridgehead atoms. The van der Waals surface area contributed by atoms with E-state index in [1.807, 2.05) is 0 Å². The van der Waals surface area contributed by atoms with Crippen LogP contribution in [-0.2, 0) is 6.54 Å². The SMILES string of the molecule is Cc1cc2c(=O)n(Cc3c(F)ccc(Br)c3F)ccn2n1. The summed E-state index contributed by atoms with van der Waals surface area (Å²) in [6.07, 6.45) is 3.04. The van der Waals surface area contributed by atoms with Gasteiger partial charge in [0.25, 0.3) is 5.56 Å². The van der Waals surface area contributed by atoms with Crippen molar-refractivity contribution in [3.8, 4) is 0 Å². The third-order valence-electron chi connectivity index (χ3n) is 3.19. The first-order valence-electron chi connectivity index (χ1n) is 6.15. The van der Waals surface area contributed by atoms with Gasteiger partial charge in [0.15, 0.2) is 0 Å². The lowest BCUT2D eigenvalue weighted by molar-refractivity contribution is 0.537. The summed E-state index contributed by atoms with van der Waals surface area (Å²) in [5, 5.41) is 4.12. The second-order valence-electron chi connectivity index (χ2n) is 4.67. The van der Waals surface area contributed by atoms with Gasteiger partial charge in [-0.3, -0.25) is 4.79 Å². The number of aromatic nitrogens is 3. The molecule has 7 heteroatoms. The number of nitrogens with zero attached hydrogens (tertiary/aromatic N) is 3. The average molecular weight is 354 g/mol. The molecule has 3 aromatic rings. The molecule has 4 nitrogen and oxygen atoms in total. The van der Waals surface area contributed by atoms with Crippen molar-refractivity contribution in [3.63, 3.8) is 0 Å².